The molecule has 3 rings (SSSR count). The predicted molar refractivity (Wildman–Crippen MR) is 110 cm³/mol. The van der Waals surface area contributed by atoms with Crippen LogP contribution in [0.15, 0.2) is 47.4 Å². The van der Waals surface area contributed by atoms with Gasteiger partial charge in [0.1, 0.15) is 11.6 Å². The molecular weight excluding hydrogens is 401 g/mol. The quantitative estimate of drug-likeness (QED) is 0.547. The van der Waals surface area contributed by atoms with Crippen molar-refractivity contribution in [1.82, 2.24) is 4.90 Å². The third-order valence-corrected chi connectivity index (χ3v) is 5.57. The molecule has 0 N–H and O–H groups in total. The normalized spacial score (nSPS) is 16.7. The van der Waals surface area contributed by atoms with E-state index < -0.39 is 11.7 Å². The zero-order chi connectivity index (χ0) is 20.3. The lowest BCUT2D eigenvalue weighted by Crippen LogP contribution is -2.27. The summed E-state index contributed by atoms with van der Waals surface area (Å²) in [5.74, 6) is -0.107. The minimum Gasteiger partial charge on any atom is -0.491 e. The summed E-state index contributed by atoms with van der Waals surface area (Å²) in [6.45, 7) is 4.05. The smallest absolute Gasteiger partial charge is 0.293 e. The first-order chi connectivity index (χ1) is 13.4. The monoisotopic (exact) mass is 419 g/mol. The number of hydrogen-bond donors (Lipinski definition) is 0. The maximum Gasteiger partial charge on any atom is 0.293 e. The van der Waals surface area contributed by atoms with E-state index in [9.17, 15) is 14.0 Å². The summed E-state index contributed by atoms with van der Waals surface area (Å²) in [6.07, 6.45) is 2.71. The fraction of sp³-hybridized carbons (Fsp3) is 0.238. The van der Waals surface area contributed by atoms with Gasteiger partial charge in [-0.2, -0.15) is 0 Å². The molecule has 4 nitrogen and oxygen atoms in total. The van der Waals surface area contributed by atoms with Crippen LogP contribution in [0.4, 0.5) is 9.18 Å². The first-order valence-electron chi connectivity index (χ1n) is 8.83. The van der Waals surface area contributed by atoms with Gasteiger partial charge in [-0.25, -0.2) is 4.39 Å². The maximum absolute atomic E-state index is 13.2. The molecule has 28 heavy (non-hydrogen) atoms. The molecule has 7 heteroatoms. The molecule has 0 bridgehead atoms. The van der Waals surface area contributed by atoms with Crippen LogP contribution in [-0.2, 0) is 11.3 Å². The Kier molecular flexibility index (Phi) is 6.42. The highest BCUT2D eigenvalue weighted by molar-refractivity contribution is 8.18. The topological polar surface area (TPSA) is 46.6 Å². The Morgan fingerprint density at radius 2 is 1.93 bits per heavy atom. The number of ether oxygens (including phenoxy) is 1. The van der Waals surface area contributed by atoms with Crippen LogP contribution in [0.2, 0.25) is 5.02 Å². The van der Waals surface area contributed by atoms with Crippen molar-refractivity contribution in [3.63, 3.8) is 0 Å². The first-order valence-corrected chi connectivity index (χ1v) is 10.0. The van der Waals surface area contributed by atoms with Gasteiger partial charge in [0.2, 0.25) is 0 Å². The summed E-state index contributed by atoms with van der Waals surface area (Å²) in [6, 6.07) is 11.2. The molecule has 0 spiro atoms. The van der Waals surface area contributed by atoms with E-state index in [-0.39, 0.29) is 22.9 Å². The van der Waals surface area contributed by atoms with E-state index >= 15 is 0 Å². The van der Waals surface area contributed by atoms with Crippen LogP contribution in [-0.4, -0.2) is 22.2 Å². The summed E-state index contributed by atoms with van der Waals surface area (Å²) in [4.78, 5) is 26.3. The van der Waals surface area contributed by atoms with E-state index in [1.165, 1.54) is 12.1 Å². The summed E-state index contributed by atoms with van der Waals surface area (Å²) >= 11 is 6.88. The van der Waals surface area contributed by atoms with Crippen LogP contribution in [0.1, 0.15) is 31.4 Å². The number of halogens is 2. The number of carbonyl (C=O) groups is 2. The number of amides is 2. The van der Waals surface area contributed by atoms with Gasteiger partial charge >= 0.3 is 0 Å². The van der Waals surface area contributed by atoms with Crippen molar-refractivity contribution in [3.05, 3.63) is 69.3 Å². The SMILES string of the molecule is CC[C@@H](C)Oc1ccc(/C=C2\SC(=O)N(Cc3ccc(F)cc3Cl)C2=O)cc1. The van der Waals surface area contributed by atoms with Gasteiger partial charge in [0.05, 0.1) is 17.6 Å². The van der Waals surface area contributed by atoms with Crippen molar-refractivity contribution >= 4 is 40.6 Å². The number of rotatable bonds is 6. The van der Waals surface area contributed by atoms with Crippen molar-refractivity contribution in [3.8, 4) is 5.75 Å². The number of imide groups is 1. The molecule has 1 heterocycles. The molecule has 146 valence electrons. The Hall–Kier alpha value is -2.31. The minimum absolute atomic E-state index is 0.00278. The number of thioether (sulfide) groups is 1. The molecule has 1 aliphatic rings. The number of benzene rings is 2. The largest absolute Gasteiger partial charge is 0.491 e. The lowest BCUT2D eigenvalue weighted by atomic mass is 10.2. The zero-order valence-corrected chi connectivity index (χ0v) is 17.0. The zero-order valence-electron chi connectivity index (χ0n) is 15.4. The Morgan fingerprint density at radius 3 is 2.57 bits per heavy atom. The van der Waals surface area contributed by atoms with Gasteiger partial charge in [-0.3, -0.25) is 14.5 Å². The van der Waals surface area contributed by atoms with Gasteiger partial charge < -0.3 is 4.74 Å². The van der Waals surface area contributed by atoms with Crippen LogP contribution >= 0.6 is 23.4 Å². The second kappa shape index (κ2) is 8.80. The van der Waals surface area contributed by atoms with Gasteiger partial charge in [0, 0.05) is 5.02 Å². The molecule has 2 aromatic carbocycles. The van der Waals surface area contributed by atoms with Gasteiger partial charge in [0.25, 0.3) is 11.1 Å². The molecule has 2 amide bonds. The van der Waals surface area contributed by atoms with Gasteiger partial charge in [-0.05, 0) is 66.6 Å². The lowest BCUT2D eigenvalue weighted by Gasteiger charge is -2.13. The molecule has 0 unspecified atom stereocenters. The Balaban J connectivity index is 1.73. The average Bonchev–Trinajstić information content (AvgIpc) is 2.92. The lowest BCUT2D eigenvalue weighted by molar-refractivity contribution is -0.123. The highest BCUT2D eigenvalue weighted by atomic mass is 35.5. The Bertz CT molecular complexity index is 930. The van der Waals surface area contributed by atoms with Crippen molar-refractivity contribution < 1.29 is 18.7 Å². The highest BCUT2D eigenvalue weighted by Gasteiger charge is 2.35. The molecular formula is C21H19ClFNO3S. The highest BCUT2D eigenvalue weighted by Crippen LogP contribution is 2.34. The van der Waals surface area contributed by atoms with Gasteiger partial charge in [-0.15, -0.1) is 0 Å². The fourth-order valence-corrected chi connectivity index (χ4v) is 3.63. The maximum atomic E-state index is 13.2. The van der Waals surface area contributed by atoms with Crippen LogP contribution in [0.25, 0.3) is 6.08 Å². The molecule has 2 aromatic rings. The third kappa shape index (κ3) is 4.75. The van der Waals surface area contributed by atoms with Crippen LogP contribution in [0.3, 0.4) is 0 Å². The van der Waals surface area contributed by atoms with Crippen molar-refractivity contribution in [2.45, 2.75) is 32.9 Å². The molecule has 1 atom stereocenters. The van der Waals surface area contributed by atoms with E-state index in [1.54, 1.807) is 6.08 Å². The molecule has 1 aliphatic heterocycles. The van der Waals surface area contributed by atoms with E-state index in [0.717, 1.165) is 40.5 Å². The summed E-state index contributed by atoms with van der Waals surface area (Å²) in [7, 11) is 0. The van der Waals surface area contributed by atoms with Crippen molar-refractivity contribution in [2.75, 3.05) is 0 Å². The molecule has 0 aliphatic carbocycles. The van der Waals surface area contributed by atoms with Crippen molar-refractivity contribution in [2.24, 2.45) is 0 Å². The molecule has 1 saturated heterocycles. The third-order valence-electron chi connectivity index (χ3n) is 4.31. The van der Waals surface area contributed by atoms with E-state index in [0.29, 0.717) is 10.5 Å². The summed E-state index contributed by atoms with van der Waals surface area (Å²) in [5, 5.41) is -0.201. The van der Waals surface area contributed by atoms with Crippen LogP contribution < -0.4 is 4.74 Å². The van der Waals surface area contributed by atoms with E-state index in [4.69, 9.17) is 16.3 Å². The number of carbonyl (C=O) groups excluding carboxylic acids is 2. The number of nitrogens with zero attached hydrogens (tertiary/aromatic N) is 1. The first kappa shape index (κ1) is 20.4. The summed E-state index contributed by atoms with van der Waals surface area (Å²) in [5.41, 5.74) is 1.31. The Labute approximate surface area is 172 Å². The molecule has 0 radical (unpaired) electrons. The standard InChI is InChI=1S/C21H19ClFNO3S/c1-3-13(2)27-17-8-4-14(5-9-17)10-19-20(25)24(21(26)28-19)12-15-6-7-16(23)11-18(15)22/h4-11,13H,3,12H2,1-2H3/b19-10-/t13-/m1/s1. The second-order valence-corrected chi connectivity index (χ2v) is 7.81. The average molecular weight is 420 g/mol. The molecule has 0 aromatic heterocycles. The van der Waals surface area contributed by atoms with E-state index in [2.05, 4.69) is 0 Å². The van der Waals surface area contributed by atoms with Gasteiger partial charge in [-0.1, -0.05) is 36.7 Å². The minimum atomic E-state index is -0.469. The Morgan fingerprint density at radius 1 is 1.21 bits per heavy atom. The van der Waals surface area contributed by atoms with E-state index in [1.807, 2.05) is 38.1 Å². The van der Waals surface area contributed by atoms with Crippen molar-refractivity contribution in [1.29, 1.82) is 0 Å². The van der Waals surface area contributed by atoms with Crippen LogP contribution in [0.5, 0.6) is 5.75 Å². The number of hydrogen-bond acceptors (Lipinski definition) is 4. The van der Waals surface area contributed by atoms with Gasteiger partial charge in [0.15, 0.2) is 0 Å². The summed E-state index contributed by atoms with van der Waals surface area (Å²) < 4.78 is 18.9. The fourth-order valence-electron chi connectivity index (χ4n) is 2.57. The van der Waals surface area contributed by atoms with Crippen LogP contribution in [0, 0.1) is 5.82 Å². The predicted octanol–water partition coefficient (Wildman–Crippen LogP) is 5.89. The molecule has 0 saturated carbocycles. The molecule has 1 fully saturated rings. The second-order valence-electron chi connectivity index (χ2n) is 6.41.